The zero-order valence-electron chi connectivity index (χ0n) is 13.2. The van der Waals surface area contributed by atoms with E-state index in [9.17, 15) is 0 Å². The minimum absolute atomic E-state index is 0.160. The molecular weight excluding hydrogens is 316 g/mol. The Morgan fingerprint density at radius 2 is 1.84 bits per heavy atom. The number of benzene rings is 1. The van der Waals surface area contributed by atoms with Gasteiger partial charge in [0, 0.05) is 23.5 Å². The number of aromatic nitrogens is 2. The first-order valence-electron chi connectivity index (χ1n) is 7.94. The maximum atomic E-state index is 6.22. The summed E-state index contributed by atoms with van der Waals surface area (Å²) in [5.74, 6) is 1.36. The fourth-order valence-corrected chi connectivity index (χ4v) is 3.40. The lowest BCUT2D eigenvalue weighted by Crippen LogP contribution is -2.32. The van der Waals surface area contributed by atoms with E-state index in [1.807, 2.05) is 48.5 Å². The molecule has 2 N–H and O–H groups in total. The fraction of sp³-hybridized carbons (Fsp3) is 0.105. The van der Waals surface area contributed by atoms with Gasteiger partial charge in [-0.2, -0.15) is 0 Å². The third-order valence-electron chi connectivity index (χ3n) is 4.51. The van der Waals surface area contributed by atoms with Gasteiger partial charge in [-0.05, 0) is 24.3 Å². The molecule has 2 aliphatic rings. The highest BCUT2D eigenvalue weighted by atomic mass is 16.5. The van der Waals surface area contributed by atoms with Crippen molar-refractivity contribution in [2.45, 2.75) is 5.54 Å². The Kier molecular flexibility index (Phi) is 2.82. The number of nitrogens with zero attached hydrogens (tertiary/aromatic N) is 3. The molecule has 0 fully saturated rings. The molecule has 6 heteroatoms. The number of ether oxygens (including phenoxy) is 2. The van der Waals surface area contributed by atoms with Gasteiger partial charge in [0.05, 0.1) is 5.69 Å². The topological polar surface area (TPSA) is 82.6 Å². The monoisotopic (exact) mass is 330 g/mol. The number of fused-ring (bicyclic) bond motifs is 4. The van der Waals surface area contributed by atoms with E-state index in [1.165, 1.54) is 0 Å². The SMILES string of the molecule is NC1=NC2(CO1)c1ccccc1Oc1c(-c3ccccn3)ccnc12. The summed E-state index contributed by atoms with van der Waals surface area (Å²) in [5.41, 5.74) is 8.32. The van der Waals surface area contributed by atoms with Crippen molar-refractivity contribution >= 4 is 6.02 Å². The molecule has 0 bridgehead atoms. The van der Waals surface area contributed by atoms with Crippen LogP contribution in [-0.2, 0) is 10.3 Å². The van der Waals surface area contributed by atoms with Crippen LogP contribution in [0.2, 0.25) is 0 Å². The number of pyridine rings is 2. The van der Waals surface area contributed by atoms with E-state index < -0.39 is 5.54 Å². The van der Waals surface area contributed by atoms with Gasteiger partial charge in [0.2, 0.25) is 0 Å². The van der Waals surface area contributed by atoms with Crippen molar-refractivity contribution < 1.29 is 9.47 Å². The Hall–Kier alpha value is -3.41. The summed E-state index contributed by atoms with van der Waals surface area (Å²) in [6.07, 6.45) is 3.50. The Labute approximate surface area is 144 Å². The first-order chi connectivity index (χ1) is 12.3. The molecule has 6 nitrogen and oxygen atoms in total. The molecule has 3 aromatic rings. The smallest absolute Gasteiger partial charge is 0.283 e. The zero-order chi connectivity index (χ0) is 16.9. The molecule has 5 rings (SSSR count). The molecule has 0 amide bonds. The number of rotatable bonds is 1. The summed E-state index contributed by atoms with van der Waals surface area (Å²) in [6.45, 7) is 0.297. The quantitative estimate of drug-likeness (QED) is 0.742. The molecule has 0 aliphatic carbocycles. The van der Waals surface area contributed by atoms with Crippen molar-refractivity contribution in [2.75, 3.05) is 6.61 Å². The number of amidine groups is 1. The lowest BCUT2D eigenvalue weighted by molar-refractivity contribution is 0.260. The highest BCUT2D eigenvalue weighted by Gasteiger charge is 2.48. The second-order valence-corrected chi connectivity index (χ2v) is 5.95. The van der Waals surface area contributed by atoms with Crippen LogP contribution in [0.4, 0.5) is 0 Å². The zero-order valence-corrected chi connectivity index (χ0v) is 13.2. The van der Waals surface area contributed by atoms with Gasteiger partial charge in [0.1, 0.15) is 18.1 Å². The molecular formula is C19H14N4O2. The van der Waals surface area contributed by atoms with Crippen LogP contribution in [0.15, 0.2) is 65.9 Å². The molecule has 2 aliphatic heterocycles. The van der Waals surface area contributed by atoms with Crippen LogP contribution in [-0.4, -0.2) is 22.6 Å². The fourth-order valence-electron chi connectivity index (χ4n) is 3.40. The molecule has 25 heavy (non-hydrogen) atoms. The van der Waals surface area contributed by atoms with E-state index in [2.05, 4.69) is 15.0 Å². The Balaban J connectivity index is 1.81. The number of nitrogens with two attached hydrogens (primary N) is 1. The van der Waals surface area contributed by atoms with Crippen molar-refractivity contribution in [3.05, 3.63) is 72.2 Å². The third-order valence-corrected chi connectivity index (χ3v) is 4.51. The Morgan fingerprint density at radius 3 is 2.64 bits per heavy atom. The Morgan fingerprint density at radius 1 is 0.960 bits per heavy atom. The first kappa shape index (κ1) is 14.0. The van der Waals surface area contributed by atoms with Crippen LogP contribution in [0.25, 0.3) is 11.3 Å². The predicted molar refractivity (Wildman–Crippen MR) is 92.3 cm³/mol. The summed E-state index contributed by atoms with van der Waals surface area (Å²) < 4.78 is 11.7. The van der Waals surface area contributed by atoms with Gasteiger partial charge in [-0.1, -0.05) is 24.3 Å². The number of hydrogen-bond acceptors (Lipinski definition) is 6. The van der Waals surface area contributed by atoms with Gasteiger partial charge in [0.25, 0.3) is 6.02 Å². The van der Waals surface area contributed by atoms with Gasteiger partial charge in [-0.15, -0.1) is 0 Å². The number of hydrogen-bond donors (Lipinski definition) is 1. The van der Waals surface area contributed by atoms with Crippen LogP contribution < -0.4 is 10.5 Å². The van der Waals surface area contributed by atoms with E-state index >= 15 is 0 Å². The predicted octanol–water partition coefficient (Wildman–Crippen LogP) is 2.84. The summed E-state index contributed by atoms with van der Waals surface area (Å²) in [6, 6.07) is 15.6. The highest BCUT2D eigenvalue weighted by Crippen LogP contribution is 2.52. The number of aliphatic imine (C=N–C) groups is 1. The lowest BCUT2D eigenvalue weighted by Gasteiger charge is -2.33. The summed E-state index contributed by atoms with van der Waals surface area (Å²) in [4.78, 5) is 13.6. The van der Waals surface area contributed by atoms with Crippen LogP contribution in [0.5, 0.6) is 11.5 Å². The van der Waals surface area contributed by atoms with E-state index in [1.54, 1.807) is 12.4 Å². The average Bonchev–Trinajstić information content (AvgIpc) is 3.05. The van der Waals surface area contributed by atoms with Gasteiger partial charge < -0.3 is 15.2 Å². The number of para-hydroxylation sites is 1. The van der Waals surface area contributed by atoms with Crippen LogP contribution in [0.1, 0.15) is 11.3 Å². The maximum Gasteiger partial charge on any atom is 0.283 e. The average molecular weight is 330 g/mol. The van der Waals surface area contributed by atoms with Gasteiger partial charge >= 0.3 is 0 Å². The van der Waals surface area contributed by atoms with Crippen LogP contribution >= 0.6 is 0 Å². The third kappa shape index (κ3) is 1.94. The molecule has 0 radical (unpaired) electrons. The van der Waals surface area contributed by atoms with E-state index in [-0.39, 0.29) is 6.02 Å². The molecule has 0 saturated carbocycles. The second-order valence-electron chi connectivity index (χ2n) is 5.95. The molecule has 1 aromatic carbocycles. The normalized spacial score (nSPS) is 20.2. The van der Waals surface area contributed by atoms with Gasteiger partial charge in [-0.3, -0.25) is 9.97 Å². The van der Waals surface area contributed by atoms with E-state index in [0.29, 0.717) is 18.1 Å². The van der Waals surface area contributed by atoms with E-state index in [0.717, 1.165) is 22.6 Å². The van der Waals surface area contributed by atoms with Gasteiger partial charge in [0.15, 0.2) is 11.3 Å². The van der Waals surface area contributed by atoms with Crippen molar-refractivity contribution in [3.8, 4) is 22.8 Å². The minimum Gasteiger partial charge on any atom is -0.462 e. The van der Waals surface area contributed by atoms with E-state index in [4.69, 9.17) is 15.2 Å². The standard InChI is InChI=1S/C19H14N4O2/c20-18-23-19(11-24-18)13-5-1-2-7-15(13)25-16-12(8-10-22-17(16)19)14-6-3-4-9-21-14/h1-10H,11H2,(H2,20,23). The second kappa shape index (κ2) is 5.04. The molecule has 2 aromatic heterocycles. The van der Waals surface area contributed by atoms with Crippen molar-refractivity contribution in [1.82, 2.24) is 9.97 Å². The molecule has 0 saturated heterocycles. The summed E-state index contributed by atoms with van der Waals surface area (Å²) in [7, 11) is 0. The molecule has 1 spiro atoms. The molecule has 4 heterocycles. The lowest BCUT2D eigenvalue weighted by atomic mass is 9.84. The highest BCUT2D eigenvalue weighted by molar-refractivity contribution is 5.78. The summed E-state index contributed by atoms with van der Waals surface area (Å²) in [5, 5.41) is 0. The molecule has 1 unspecified atom stereocenters. The molecule has 1 atom stereocenters. The maximum absolute atomic E-state index is 6.22. The van der Waals surface area contributed by atoms with Crippen molar-refractivity contribution in [1.29, 1.82) is 0 Å². The largest absolute Gasteiger partial charge is 0.462 e. The summed E-state index contributed by atoms with van der Waals surface area (Å²) >= 11 is 0. The Bertz CT molecular complexity index is 1000. The van der Waals surface area contributed by atoms with Crippen LogP contribution in [0.3, 0.4) is 0 Å². The van der Waals surface area contributed by atoms with Gasteiger partial charge in [-0.25, -0.2) is 4.99 Å². The van der Waals surface area contributed by atoms with Crippen LogP contribution in [0, 0.1) is 0 Å². The minimum atomic E-state index is -0.793. The van der Waals surface area contributed by atoms with Crippen molar-refractivity contribution in [2.24, 2.45) is 10.7 Å². The van der Waals surface area contributed by atoms with Crippen molar-refractivity contribution in [3.63, 3.8) is 0 Å². The first-order valence-corrected chi connectivity index (χ1v) is 7.94. The molecule has 122 valence electrons.